The van der Waals surface area contributed by atoms with Crippen LogP contribution in [-0.2, 0) is 0 Å². The highest BCUT2D eigenvalue weighted by Gasteiger charge is 2.11. The van der Waals surface area contributed by atoms with Gasteiger partial charge in [0.25, 0.3) is 5.91 Å². The maximum atomic E-state index is 12.3. The fourth-order valence-electron chi connectivity index (χ4n) is 2.54. The summed E-state index contributed by atoms with van der Waals surface area (Å²) < 4.78 is 5.42. The Balaban J connectivity index is 1.69. The zero-order chi connectivity index (χ0) is 19.9. The van der Waals surface area contributed by atoms with Crippen molar-refractivity contribution in [1.82, 2.24) is 15.4 Å². The first-order chi connectivity index (χ1) is 13.6. The van der Waals surface area contributed by atoms with E-state index >= 15 is 0 Å². The lowest BCUT2D eigenvalue weighted by Crippen LogP contribution is -2.30. The molecule has 3 aromatic rings. The van der Waals surface area contributed by atoms with E-state index in [0.717, 1.165) is 17.0 Å². The highest BCUT2D eigenvalue weighted by molar-refractivity contribution is 5.96. The zero-order valence-electron chi connectivity index (χ0n) is 15.7. The van der Waals surface area contributed by atoms with Gasteiger partial charge in [0.1, 0.15) is 17.8 Å². The standard InChI is InChI=1S/C20H22N6O2/c1-3-28-15-10-8-14(9-11-15)24-18-17(21)19(23-12-22-18)25-26-20(27)16-7-5-4-6-13(16)2/h4-12H,3,21H2,1-2H3,(H,26,27)(H2,22,23,24,25). The number of hydrazine groups is 1. The number of nitrogens with zero attached hydrogens (tertiary/aromatic N) is 2. The molecule has 0 spiro atoms. The van der Waals surface area contributed by atoms with Crippen molar-refractivity contribution in [2.45, 2.75) is 13.8 Å². The monoisotopic (exact) mass is 378 g/mol. The van der Waals surface area contributed by atoms with E-state index in [9.17, 15) is 4.79 Å². The normalized spacial score (nSPS) is 10.2. The summed E-state index contributed by atoms with van der Waals surface area (Å²) in [6.07, 6.45) is 1.36. The van der Waals surface area contributed by atoms with Crippen molar-refractivity contribution in [2.75, 3.05) is 23.1 Å². The van der Waals surface area contributed by atoms with Crippen LogP contribution in [0.1, 0.15) is 22.8 Å². The Morgan fingerprint density at radius 3 is 2.50 bits per heavy atom. The molecule has 0 fully saturated rings. The molecular formula is C20H22N6O2. The summed E-state index contributed by atoms with van der Waals surface area (Å²) in [6.45, 7) is 4.40. The molecule has 1 amide bonds. The van der Waals surface area contributed by atoms with E-state index in [-0.39, 0.29) is 11.6 Å². The third kappa shape index (κ3) is 4.47. The number of aryl methyl sites for hydroxylation is 1. The third-order valence-corrected chi connectivity index (χ3v) is 4.00. The van der Waals surface area contributed by atoms with Crippen LogP contribution in [0.25, 0.3) is 0 Å². The van der Waals surface area contributed by atoms with E-state index in [2.05, 4.69) is 26.1 Å². The Kier molecular flexibility index (Phi) is 5.91. The number of nitrogen functional groups attached to an aromatic ring is 1. The summed E-state index contributed by atoms with van der Waals surface area (Å²) in [5.41, 5.74) is 14.0. The number of carbonyl (C=O) groups is 1. The number of anilines is 4. The van der Waals surface area contributed by atoms with Crippen molar-refractivity contribution in [3.05, 3.63) is 66.0 Å². The molecule has 0 aliphatic heterocycles. The number of carbonyl (C=O) groups excluding carboxylic acids is 1. The summed E-state index contributed by atoms with van der Waals surface area (Å²) in [5, 5.41) is 3.13. The van der Waals surface area contributed by atoms with E-state index < -0.39 is 0 Å². The summed E-state index contributed by atoms with van der Waals surface area (Å²) in [7, 11) is 0. The van der Waals surface area contributed by atoms with Crippen LogP contribution in [0, 0.1) is 6.92 Å². The first kappa shape index (κ1) is 19.0. The molecule has 2 aromatic carbocycles. The van der Waals surface area contributed by atoms with Gasteiger partial charge >= 0.3 is 0 Å². The minimum absolute atomic E-state index is 0.279. The summed E-state index contributed by atoms with van der Waals surface area (Å²) in [5.74, 6) is 1.22. The van der Waals surface area contributed by atoms with E-state index in [0.29, 0.717) is 23.8 Å². The number of benzene rings is 2. The molecule has 0 aliphatic carbocycles. The molecule has 8 heteroatoms. The number of hydrogen-bond acceptors (Lipinski definition) is 7. The number of nitrogens with one attached hydrogen (secondary N) is 3. The highest BCUT2D eigenvalue weighted by Crippen LogP contribution is 2.26. The maximum absolute atomic E-state index is 12.3. The van der Waals surface area contributed by atoms with Crippen molar-refractivity contribution in [3.63, 3.8) is 0 Å². The number of aromatic nitrogens is 2. The predicted molar refractivity (Wildman–Crippen MR) is 110 cm³/mol. The van der Waals surface area contributed by atoms with Crippen LogP contribution in [0.3, 0.4) is 0 Å². The molecule has 0 aliphatic rings. The lowest BCUT2D eigenvalue weighted by Gasteiger charge is -2.14. The molecule has 1 heterocycles. The van der Waals surface area contributed by atoms with Gasteiger partial charge in [0, 0.05) is 11.3 Å². The molecule has 0 atom stereocenters. The first-order valence-electron chi connectivity index (χ1n) is 8.81. The number of ether oxygens (including phenoxy) is 1. The van der Waals surface area contributed by atoms with E-state index in [4.69, 9.17) is 10.5 Å². The smallest absolute Gasteiger partial charge is 0.269 e. The number of hydrogen-bond donors (Lipinski definition) is 4. The van der Waals surface area contributed by atoms with Crippen molar-refractivity contribution in [1.29, 1.82) is 0 Å². The molecule has 144 valence electrons. The topological polar surface area (TPSA) is 114 Å². The molecule has 1 aromatic heterocycles. The van der Waals surface area contributed by atoms with Crippen molar-refractivity contribution < 1.29 is 9.53 Å². The molecule has 0 unspecified atom stereocenters. The SMILES string of the molecule is CCOc1ccc(Nc2ncnc(NNC(=O)c3ccccc3C)c2N)cc1. The Morgan fingerprint density at radius 2 is 1.79 bits per heavy atom. The zero-order valence-corrected chi connectivity index (χ0v) is 15.7. The van der Waals surface area contributed by atoms with Gasteiger partial charge in [-0.15, -0.1) is 0 Å². The van der Waals surface area contributed by atoms with Crippen LogP contribution in [0.2, 0.25) is 0 Å². The van der Waals surface area contributed by atoms with E-state index in [1.165, 1.54) is 6.33 Å². The summed E-state index contributed by atoms with van der Waals surface area (Å²) >= 11 is 0. The number of rotatable bonds is 7. The lowest BCUT2D eigenvalue weighted by atomic mass is 10.1. The first-order valence-corrected chi connectivity index (χ1v) is 8.81. The molecular weight excluding hydrogens is 356 g/mol. The van der Waals surface area contributed by atoms with E-state index in [1.54, 1.807) is 12.1 Å². The fourth-order valence-corrected chi connectivity index (χ4v) is 2.54. The quantitative estimate of drug-likeness (QED) is 0.467. The van der Waals surface area contributed by atoms with Gasteiger partial charge in [-0.3, -0.25) is 15.6 Å². The second-order valence-electron chi connectivity index (χ2n) is 5.96. The second kappa shape index (κ2) is 8.72. The molecule has 28 heavy (non-hydrogen) atoms. The fraction of sp³-hybridized carbons (Fsp3) is 0.150. The average Bonchev–Trinajstić information content (AvgIpc) is 2.70. The Bertz CT molecular complexity index is 959. The molecule has 0 saturated carbocycles. The summed E-state index contributed by atoms with van der Waals surface area (Å²) in [4.78, 5) is 20.6. The minimum atomic E-state index is -0.280. The molecule has 3 rings (SSSR count). The third-order valence-electron chi connectivity index (χ3n) is 4.00. The average molecular weight is 378 g/mol. The molecule has 0 saturated heterocycles. The van der Waals surface area contributed by atoms with Gasteiger partial charge in [-0.1, -0.05) is 18.2 Å². The van der Waals surface area contributed by atoms with E-state index in [1.807, 2.05) is 50.2 Å². The van der Waals surface area contributed by atoms with Crippen LogP contribution >= 0.6 is 0 Å². The van der Waals surface area contributed by atoms with Gasteiger partial charge < -0.3 is 15.8 Å². The van der Waals surface area contributed by atoms with Crippen LogP contribution in [0.15, 0.2) is 54.9 Å². The molecule has 0 bridgehead atoms. The Morgan fingerprint density at radius 1 is 1.07 bits per heavy atom. The Hall–Kier alpha value is -3.81. The van der Waals surface area contributed by atoms with Gasteiger partial charge in [-0.2, -0.15) is 0 Å². The van der Waals surface area contributed by atoms with Gasteiger partial charge in [0.15, 0.2) is 11.6 Å². The van der Waals surface area contributed by atoms with Crippen LogP contribution < -0.4 is 26.6 Å². The molecule has 0 radical (unpaired) electrons. The Labute approximate surface area is 163 Å². The number of amides is 1. The second-order valence-corrected chi connectivity index (χ2v) is 5.96. The van der Waals surface area contributed by atoms with Crippen molar-refractivity contribution >= 4 is 28.9 Å². The van der Waals surface area contributed by atoms with Gasteiger partial charge in [0.05, 0.1) is 6.61 Å². The lowest BCUT2D eigenvalue weighted by molar-refractivity contribution is 0.0962. The van der Waals surface area contributed by atoms with Gasteiger partial charge in [-0.05, 0) is 49.7 Å². The van der Waals surface area contributed by atoms with Crippen molar-refractivity contribution in [2.24, 2.45) is 0 Å². The molecule has 8 nitrogen and oxygen atoms in total. The van der Waals surface area contributed by atoms with Gasteiger partial charge in [0.2, 0.25) is 0 Å². The van der Waals surface area contributed by atoms with Crippen LogP contribution in [-0.4, -0.2) is 22.5 Å². The van der Waals surface area contributed by atoms with Crippen molar-refractivity contribution in [3.8, 4) is 5.75 Å². The number of nitrogens with two attached hydrogens (primary N) is 1. The van der Waals surface area contributed by atoms with Crippen LogP contribution in [0.5, 0.6) is 5.75 Å². The largest absolute Gasteiger partial charge is 0.494 e. The summed E-state index contributed by atoms with van der Waals surface area (Å²) in [6, 6.07) is 14.7. The van der Waals surface area contributed by atoms with Gasteiger partial charge in [-0.25, -0.2) is 9.97 Å². The maximum Gasteiger partial charge on any atom is 0.269 e. The minimum Gasteiger partial charge on any atom is -0.494 e. The highest BCUT2D eigenvalue weighted by atomic mass is 16.5. The molecule has 5 N–H and O–H groups in total. The predicted octanol–water partition coefficient (Wildman–Crippen LogP) is 3.27. The van der Waals surface area contributed by atoms with Crippen LogP contribution in [0.4, 0.5) is 23.0 Å².